The van der Waals surface area contributed by atoms with E-state index in [2.05, 4.69) is 32.2 Å². The maximum atomic E-state index is 12.0. The molecule has 12 heteroatoms. The monoisotopic (exact) mass is 386 g/mol. The minimum atomic E-state index is -1.67. The molecule has 1 rings (SSSR count). The first-order chi connectivity index (χ1) is 12.8. The molecule has 0 aromatic heterocycles. The number of anilines is 1. The third-order valence-corrected chi connectivity index (χ3v) is 3.32. The molecule has 150 valence electrons. The minimum Gasteiger partial charge on any atom is -0.367 e. The Morgan fingerprint density at radius 1 is 1.00 bits per heavy atom. The summed E-state index contributed by atoms with van der Waals surface area (Å²) >= 11 is 0. The normalized spacial score (nSPS) is 11.6. The van der Waals surface area contributed by atoms with Crippen molar-refractivity contribution in [1.29, 1.82) is 0 Å². The summed E-state index contributed by atoms with van der Waals surface area (Å²) < 4.78 is 0. The Labute approximate surface area is 154 Å². The summed E-state index contributed by atoms with van der Waals surface area (Å²) in [6, 6.07) is 6.10. The topological polar surface area (TPSA) is 197 Å². The van der Waals surface area contributed by atoms with Crippen LogP contribution in [0, 0.1) is 0 Å². The van der Waals surface area contributed by atoms with Crippen LogP contribution >= 0.6 is 0 Å². The lowest BCUT2D eigenvalue weighted by Crippen LogP contribution is -2.68. The van der Waals surface area contributed by atoms with Gasteiger partial charge < -0.3 is 31.9 Å². The summed E-state index contributed by atoms with van der Waals surface area (Å²) in [6.45, 7) is -1.02. The molecule has 12 nitrogen and oxygen atoms in total. The van der Waals surface area contributed by atoms with Crippen molar-refractivity contribution >= 4 is 23.4 Å². The van der Waals surface area contributed by atoms with Gasteiger partial charge in [0.15, 0.2) is 12.3 Å². The van der Waals surface area contributed by atoms with E-state index in [1.54, 1.807) is 24.3 Å². The molecule has 0 saturated heterocycles. The lowest BCUT2D eigenvalue weighted by molar-refractivity contribution is -0.403. The Bertz CT molecular complexity index is 623. The second-order valence-corrected chi connectivity index (χ2v) is 5.57. The smallest absolute Gasteiger partial charge is 0.278 e. The van der Waals surface area contributed by atoms with Crippen molar-refractivity contribution in [3.63, 3.8) is 0 Å². The molecule has 27 heavy (non-hydrogen) atoms. The zero-order chi connectivity index (χ0) is 20.2. The highest BCUT2D eigenvalue weighted by atomic mass is 17.2. The average molecular weight is 386 g/mol. The first-order valence-electron chi connectivity index (χ1n) is 7.97. The van der Waals surface area contributed by atoms with Crippen molar-refractivity contribution in [3.8, 4) is 0 Å². The molecule has 10 N–H and O–H groups in total. The van der Waals surface area contributed by atoms with E-state index < -0.39 is 30.1 Å². The molecule has 1 atom stereocenters. The van der Waals surface area contributed by atoms with Gasteiger partial charge in [-0.1, -0.05) is 12.1 Å². The fourth-order valence-corrected chi connectivity index (χ4v) is 1.96. The molecular formula is C15H24N5O7+. The van der Waals surface area contributed by atoms with Gasteiger partial charge in [-0.05, 0) is 17.7 Å². The van der Waals surface area contributed by atoms with E-state index in [1.165, 1.54) is 0 Å². The van der Waals surface area contributed by atoms with Crippen molar-refractivity contribution in [2.24, 2.45) is 0 Å². The van der Waals surface area contributed by atoms with E-state index in [4.69, 9.17) is 15.5 Å². The van der Waals surface area contributed by atoms with E-state index in [0.29, 0.717) is 12.1 Å². The largest absolute Gasteiger partial charge is 0.367 e. The third-order valence-electron chi connectivity index (χ3n) is 3.32. The number of nitrogens with one attached hydrogen (secondary N) is 4. The van der Waals surface area contributed by atoms with Crippen molar-refractivity contribution < 1.29 is 40.6 Å². The van der Waals surface area contributed by atoms with Crippen LogP contribution in [0.3, 0.4) is 0 Å². The highest BCUT2D eigenvalue weighted by Gasteiger charge is 2.18. The van der Waals surface area contributed by atoms with Crippen molar-refractivity contribution in [1.82, 2.24) is 16.0 Å². The van der Waals surface area contributed by atoms with Gasteiger partial charge in [-0.15, -0.1) is 4.99 Å². The number of aliphatic hydroxyl groups is 2. The third kappa shape index (κ3) is 9.48. The second kappa shape index (κ2) is 11.8. The maximum absolute atomic E-state index is 12.0. The molecule has 0 aliphatic heterocycles. The van der Waals surface area contributed by atoms with Gasteiger partial charge in [0, 0.05) is 6.42 Å². The van der Waals surface area contributed by atoms with E-state index in [-0.39, 0.29) is 19.6 Å². The van der Waals surface area contributed by atoms with Crippen LogP contribution in [0.5, 0.6) is 0 Å². The van der Waals surface area contributed by atoms with Gasteiger partial charge >= 0.3 is 0 Å². The number of carbonyl (C=O) groups is 3. The Morgan fingerprint density at radius 2 is 1.59 bits per heavy atom. The average Bonchev–Trinajstić information content (AvgIpc) is 2.64. The van der Waals surface area contributed by atoms with Crippen LogP contribution in [0.15, 0.2) is 24.3 Å². The first kappa shape index (κ1) is 22.3. The Hall–Kier alpha value is -2.77. The Balaban J connectivity index is 2.29. The van der Waals surface area contributed by atoms with Crippen LogP contribution in [0.1, 0.15) is 5.56 Å². The molecule has 0 spiro atoms. The van der Waals surface area contributed by atoms with Crippen LogP contribution < -0.4 is 27.2 Å². The molecule has 3 amide bonds. The Morgan fingerprint density at radius 3 is 2.19 bits per heavy atom. The van der Waals surface area contributed by atoms with Crippen LogP contribution in [-0.4, -0.2) is 65.2 Å². The van der Waals surface area contributed by atoms with Gasteiger partial charge in [0.25, 0.3) is 5.91 Å². The lowest BCUT2D eigenvalue weighted by Gasteiger charge is -2.11. The van der Waals surface area contributed by atoms with Crippen molar-refractivity contribution in [2.45, 2.75) is 18.8 Å². The molecule has 0 radical (unpaired) electrons. The molecule has 1 aromatic carbocycles. The number of amides is 3. The van der Waals surface area contributed by atoms with Gasteiger partial charge in [-0.3, -0.25) is 14.4 Å². The molecule has 0 bridgehead atoms. The van der Waals surface area contributed by atoms with Crippen molar-refractivity contribution in [3.05, 3.63) is 29.8 Å². The van der Waals surface area contributed by atoms with Crippen LogP contribution in [0.25, 0.3) is 0 Å². The highest BCUT2D eigenvalue weighted by Crippen LogP contribution is 2.10. The van der Waals surface area contributed by atoms with Crippen LogP contribution in [-0.2, 0) is 25.8 Å². The molecule has 0 saturated carbocycles. The summed E-state index contributed by atoms with van der Waals surface area (Å²) in [4.78, 5) is 38.7. The summed E-state index contributed by atoms with van der Waals surface area (Å²) in [5.41, 5.74) is 7.34. The number of aliphatic hydroxyl groups excluding tert-OH is 1. The number of carbonyl (C=O) groups excluding carboxylic acids is 3. The highest BCUT2D eigenvalue weighted by molar-refractivity contribution is 5.89. The summed E-state index contributed by atoms with van der Waals surface area (Å²) in [5.74, 6) is -1.60. The van der Waals surface area contributed by atoms with E-state index in [9.17, 15) is 14.4 Å². The maximum Gasteiger partial charge on any atom is 0.278 e. The predicted octanol–water partition coefficient (Wildman–Crippen LogP) is -3.68. The van der Waals surface area contributed by atoms with E-state index in [0.717, 1.165) is 5.56 Å². The van der Waals surface area contributed by atoms with E-state index >= 15 is 0 Å². The molecule has 0 aliphatic carbocycles. The Kier molecular flexibility index (Phi) is 9.71. The molecule has 0 heterocycles. The standard InChI is InChI=1S/C15H23N5O7/c16-11(5-9-1-3-10(4-2-9)20-27-26)15(25)19-7-13(22)17-6-12(21)18-8-14(23)24/h1-4,11,14,20,23-24,26H,5-8,16H2,(H,17,22)(H,18,21)(H,19,25)/p+1. The van der Waals surface area contributed by atoms with Gasteiger partial charge in [-0.2, -0.15) is 0 Å². The van der Waals surface area contributed by atoms with Crippen LogP contribution in [0.4, 0.5) is 5.69 Å². The number of rotatable bonds is 11. The molecule has 1 unspecified atom stereocenters. The molecule has 0 fully saturated rings. The second-order valence-electron chi connectivity index (χ2n) is 5.57. The number of hydrogen-bond acceptors (Lipinski definition) is 8. The summed E-state index contributed by atoms with van der Waals surface area (Å²) in [7, 11) is 0. The zero-order valence-corrected chi connectivity index (χ0v) is 14.5. The summed E-state index contributed by atoms with van der Waals surface area (Å²) in [5, 5.41) is 32.4. The SMILES string of the molecule is [NH3+]C(Cc1ccc(NOO)cc1)C(=O)NCC(=O)NCC(=O)NCC(O)O. The van der Waals surface area contributed by atoms with Gasteiger partial charge in [0.05, 0.1) is 25.3 Å². The fourth-order valence-electron chi connectivity index (χ4n) is 1.96. The van der Waals surface area contributed by atoms with Crippen molar-refractivity contribution in [2.75, 3.05) is 25.1 Å². The zero-order valence-electron chi connectivity index (χ0n) is 14.5. The van der Waals surface area contributed by atoms with Gasteiger partial charge in [-0.25, -0.2) is 10.7 Å². The fraction of sp³-hybridized carbons (Fsp3) is 0.400. The van der Waals surface area contributed by atoms with Gasteiger partial charge in [0.1, 0.15) is 0 Å². The quantitative estimate of drug-likeness (QED) is 0.108. The van der Waals surface area contributed by atoms with Gasteiger partial charge in [0.2, 0.25) is 11.8 Å². The predicted molar refractivity (Wildman–Crippen MR) is 91.4 cm³/mol. The minimum absolute atomic E-state index is 0.322. The van der Waals surface area contributed by atoms with E-state index in [1.807, 2.05) is 0 Å². The molecule has 0 aliphatic rings. The number of quaternary nitrogens is 1. The lowest BCUT2D eigenvalue weighted by atomic mass is 10.1. The molecular weight excluding hydrogens is 362 g/mol. The number of hydrogen-bond donors (Lipinski definition) is 8. The number of benzene rings is 1. The van der Waals surface area contributed by atoms with Crippen LogP contribution in [0.2, 0.25) is 0 Å². The molecule has 1 aromatic rings. The summed E-state index contributed by atoms with van der Waals surface area (Å²) in [6.07, 6.45) is -1.34. The first-order valence-corrected chi connectivity index (χ1v) is 7.97.